The predicted octanol–water partition coefficient (Wildman–Crippen LogP) is 3.43. The molecular formula is C18H24N2O. The summed E-state index contributed by atoms with van der Waals surface area (Å²) in [5, 5.41) is 0. The Kier molecular flexibility index (Phi) is 4.99. The molecule has 1 atom stereocenters. The van der Waals surface area contributed by atoms with E-state index in [-0.39, 0.29) is 6.04 Å². The lowest BCUT2D eigenvalue weighted by Crippen LogP contribution is -2.30. The van der Waals surface area contributed by atoms with Crippen molar-refractivity contribution in [2.24, 2.45) is 5.84 Å². The molecule has 0 saturated heterocycles. The molecule has 21 heavy (non-hydrogen) atoms. The van der Waals surface area contributed by atoms with Crippen molar-refractivity contribution in [2.45, 2.75) is 33.2 Å². The number of hydrazine groups is 1. The van der Waals surface area contributed by atoms with E-state index in [1.165, 1.54) is 22.3 Å². The van der Waals surface area contributed by atoms with Crippen molar-refractivity contribution in [2.75, 3.05) is 7.11 Å². The van der Waals surface area contributed by atoms with Crippen LogP contribution in [0.15, 0.2) is 36.4 Å². The maximum absolute atomic E-state index is 5.87. The fourth-order valence-corrected chi connectivity index (χ4v) is 2.83. The second-order valence-corrected chi connectivity index (χ2v) is 5.33. The van der Waals surface area contributed by atoms with Crippen LogP contribution in [-0.2, 0) is 6.42 Å². The molecule has 2 rings (SSSR count). The van der Waals surface area contributed by atoms with Crippen LogP contribution in [0.25, 0.3) is 0 Å². The third-order valence-electron chi connectivity index (χ3n) is 4.01. The van der Waals surface area contributed by atoms with Gasteiger partial charge in [0, 0.05) is 0 Å². The molecule has 0 aliphatic rings. The van der Waals surface area contributed by atoms with E-state index in [0.717, 1.165) is 17.7 Å². The Balaban J connectivity index is 2.54. The minimum atomic E-state index is -0.00856. The molecule has 0 saturated carbocycles. The zero-order valence-electron chi connectivity index (χ0n) is 13.2. The second-order valence-electron chi connectivity index (χ2n) is 5.33. The summed E-state index contributed by atoms with van der Waals surface area (Å²) in [5.74, 6) is 6.78. The zero-order valence-corrected chi connectivity index (χ0v) is 13.2. The van der Waals surface area contributed by atoms with Gasteiger partial charge in [0.25, 0.3) is 0 Å². The topological polar surface area (TPSA) is 47.3 Å². The van der Waals surface area contributed by atoms with E-state index in [0.29, 0.717) is 0 Å². The van der Waals surface area contributed by atoms with Gasteiger partial charge in [-0.25, -0.2) is 5.43 Å². The maximum Gasteiger partial charge on any atom is 0.122 e. The highest BCUT2D eigenvalue weighted by molar-refractivity contribution is 5.47. The summed E-state index contributed by atoms with van der Waals surface area (Å²) in [6.07, 6.45) is 0.989. The molecule has 0 radical (unpaired) electrons. The fraction of sp³-hybridized carbons (Fsp3) is 0.333. The third-order valence-corrected chi connectivity index (χ3v) is 4.01. The first-order valence-electron chi connectivity index (χ1n) is 7.31. The van der Waals surface area contributed by atoms with Gasteiger partial charge in [0.15, 0.2) is 0 Å². The van der Waals surface area contributed by atoms with Crippen molar-refractivity contribution in [3.8, 4) is 5.75 Å². The van der Waals surface area contributed by atoms with Gasteiger partial charge in [-0.15, -0.1) is 0 Å². The standard InChI is InChI=1S/C18H24N2O/c1-5-14-8-6-7-9-15(14)18(20-19)16-10-13(3)17(21-4)11-12(16)2/h6-11,18,20H,5,19H2,1-4H3. The van der Waals surface area contributed by atoms with Gasteiger partial charge in [0.05, 0.1) is 13.2 Å². The monoisotopic (exact) mass is 284 g/mol. The van der Waals surface area contributed by atoms with E-state index in [1.807, 2.05) is 0 Å². The van der Waals surface area contributed by atoms with Gasteiger partial charge in [0.1, 0.15) is 5.75 Å². The molecule has 112 valence electrons. The SMILES string of the molecule is CCc1ccccc1C(NN)c1cc(C)c(OC)cc1C. The lowest BCUT2D eigenvalue weighted by atomic mass is 9.90. The Bertz CT molecular complexity index is 623. The molecule has 1 unspecified atom stereocenters. The quantitative estimate of drug-likeness (QED) is 0.653. The predicted molar refractivity (Wildman–Crippen MR) is 87.5 cm³/mol. The van der Waals surface area contributed by atoms with Crippen LogP contribution in [-0.4, -0.2) is 7.11 Å². The van der Waals surface area contributed by atoms with Crippen LogP contribution in [0.4, 0.5) is 0 Å². The van der Waals surface area contributed by atoms with Crippen LogP contribution in [0, 0.1) is 13.8 Å². The molecule has 0 aromatic heterocycles. The second kappa shape index (κ2) is 6.74. The lowest BCUT2D eigenvalue weighted by Gasteiger charge is -2.23. The van der Waals surface area contributed by atoms with Crippen molar-refractivity contribution in [1.29, 1.82) is 0 Å². The summed E-state index contributed by atoms with van der Waals surface area (Å²) in [5.41, 5.74) is 9.00. The van der Waals surface area contributed by atoms with Crippen LogP contribution in [0.3, 0.4) is 0 Å². The minimum Gasteiger partial charge on any atom is -0.496 e. The van der Waals surface area contributed by atoms with Crippen LogP contribution in [0.1, 0.15) is 40.8 Å². The molecule has 0 fully saturated rings. The number of benzene rings is 2. The molecule has 3 nitrogen and oxygen atoms in total. The van der Waals surface area contributed by atoms with E-state index in [1.54, 1.807) is 7.11 Å². The molecule has 0 aliphatic heterocycles. The van der Waals surface area contributed by atoms with Gasteiger partial charge in [-0.05, 0) is 54.2 Å². The first kappa shape index (κ1) is 15.5. The normalized spacial score (nSPS) is 12.2. The van der Waals surface area contributed by atoms with Crippen LogP contribution in [0.5, 0.6) is 5.75 Å². The maximum atomic E-state index is 5.87. The van der Waals surface area contributed by atoms with Crippen molar-refractivity contribution in [3.05, 3.63) is 64.2 Å². The highest BCUT2D eigenvalue weighted by atomic mass is 16.5. The van der Waals surface area contributed by atoms with Crippen LogP contribution < -0.4 is 16.0 Å². The Hall–Kier alpha value is -1.84. The number of aryl methyl sites for hydroxylation is 3. The highest BCUT2D eigenvalue weighted by Gasteiger charge is 2.18. The van der Waals surface area contributed by atoms with Gasteiger partial charge in [-0.1, -0.05) is 37.3 Å². The molecule has 0 spiro atoms. The smallest absolute Gasteiger partial charge is 0.122 e. The number of methoxy groups -OCH3 is 1. The van der Waals surface area contributed by atoms with Gasteiger partial charge in [0.2, 0.25) is 0 Å². The number of ether oxygens (including phenoxy) is 1. The number of hydrogen-bond acceptors (Lipinski definition) is 3. The van der Waals surface area contributed by atoms with Crippen LogP contribution in [0.2, 0.25) is 0 Å². The van der Waals surface area contributed by atoms with Crippen molar-refractivity contribution < 1.29 is 4.74 Å². The molecule has 0 aliphatic carbocycles. The average molecular weight is 284 g/mol. The van der Waals surface area contributed by atoms with E-state index in [2.05, 4.69) is 62.6 Å². The Labute approximate surface area is 127 Å². The number of hydrogen-bond donors (Lipinski definition) is 2. The van der Waals surface area contributed by atoms with Crippen LogP contribution >= 0.6 is 0 Å². The average Bonchev–Trinajstić information content (AvgIpc) is 2.51. The molecule has 2 aromatic carbocycles. The molecule has 3 heteroatoms. The van der Waals surface area contributed by atoms with E-state index in [4.69, 9.17) is 10.6 Å². The summed E-state index contributed by atoms with van der Waals surface area (Å²) < 4.78 is 5.39. The van der Waals surface area contributed by atoms with Crippen molar-refractivity contribution in [3.63, 3.8) is 0 Å². The summed E-state index contributed by atoms with van der Waals surface area (Å²) in [4.78, 5) is 0. The van der Waals surface area contributed by atoms with E-state index in [9.17, 15) is 0 Å². The number of nitrogens with two attached hydrogens (primary N) is 1. The van der Waals surface area contributed by atoms with Crippen molar-refractivity contribution >= 4 is 0 Å². The summed E-state index contributed by atoms with van der Waals surface area (Å²) >= 11 is 0. The summed E-state index contributed by atoms with van der Waals surface area (Å²) in [7, 11) is 1.70. The van der Waals surface area contributed by atoms with E-state index >= 15 is 0 Å². The Morgan fingerprint density at radius 3 is 2.43 bits per heavy atom. The van der Waals surface area contributed by atoms with Gasteiger partial charge in [-0.2, -0.15) is 0 Å². The van der Waals surface area contributed by atoms with Gasteiger partial charge in [-0.3, -0.25) is 5.84 Å². The molecule has 0 heterocycles. The van der Waals surface area contributed by atoms with Gasteiger partial charge >= 0.3 is 0 Å². The van der Waals surface area contributed by atoms with Crippen molar-refractivity contribution in [1.82, 2.24) is 5.43 Å². The van der Waals surface area contributed by atoms with Gasteiger partial charge < -0.3 is 4.74 Å². The van der Waals surface area contributed by atoms with E-state index < -0.39 is 0 Å². The minimum absolute atomic E-state index is 0.00856. The lowest BCUT2D eigenvalue weighted by molar-refractivity contribution is 0.411. The first-order chi connectivity index (χ1) is 10.1. The summed E-state index contributed by atoms with van der Waals surface area (Å²) in [6.45, 7) is 6.32. The molecule has 0 amide bonds. The number of nitrogens with one attached hydrogen (secondary N) is 1. The Morgan fingerprint density at radius 2 is 1.81 bits per heavy atom. The molecule has 3 N–H and O–H groups in total. The number of rotatable bonds is 5. The summed E-state index contributed by atoms with van der Waals surface area (Å²) in [6, 6.07) is 12.7. The first-order valence-corrected chi connectivity index (χ1v) is 7.31. The molecular weight excluding hydrogens is 260 g/mol. The zero-order chi connectivity index (χ0) is 15.4. The molecule has 2 aromatic rings. The fourth-order valence-electron chi connectivity index (χ4n) is 2.83. The third kappa shape index (κ3) is 3.09. The highest BCUT2D eigenvalue weighted by Crippen LogP contribution is 2.31. The molecule has 0 bridgehead atoms. The largest absolute Gasteiger partial charge is 0.496 e. The Morgan fingerprint density at radius 1 is 1.10 bits per heavy atom.